The third kappa shape index (κ3) is 4.86. The van der Waals surface area contributed by atoms with E-state index in [0.717, 1.165) is 11.3 Å². The highest BCUT2D eigenvalue weighted by atomic mass is 32.1. The number of thiazole rings is 1. The Balaban J connectivity index is 1.67. The number of anilines is 4. The lowest BCUT2D eigenvalue weighted by Gasteiger charge is -2.09. The van der Waals surface area contributed by atoms with Gasteiger partial charge in [0.2, 0.25) is 5.91 Å². The fourth-order valence-corrected chi connectivity index (χ4v) is 3.21. The van der Waals surface area contributed by atoms with Gasteiger partial charge in [-0.1, -0.05) is 6.07 Å². The van der Waals surface area contributed by atoms with E-state index < -0.39 is 0 Å². The number of aromatic nitrogens is 1. The van der Waals surface area contributed by atoms with E-state index in [1.165, 1.54) is 18.3 Å². The predicted molar refractivity (Wildman–Crippen MR) is 112 cm³/mol. The van der Waals surface area contributed by atoms with Gasteiger partial charge in [-0.15, -0.1) is 11.3 Å². The number of carbonyl (C=O) groups excluding carboxylic acids is 2. The summed E-state index contributed by atoms with van der Waals surface area (Å²) >= 11 is 1.33. The van der Waals surface area contributed by atoms with Gasteiger partial charge in [0.05, 0.1) is 12.8 Å². The lowest BCUT2D eigenvalue weighted by Crippen LogP contribution is -2.12. The number of carbonyl (C=O) groups is 2. The van der Waals surface area contributed by atoms with Crippen molar-refractivity contribution in [2.24, 2.45) is 0 Å². The van der Waals surface area contributed by atoms with Crippen LogP contribution in [0.5, 0.6) is 5.75 Å². The SMILES string of the molecule is COc1ccc(C)cc1Nc1nc(C(=O)Nc2ccc(NC(C)=O)cc2)cs1. The molecule has 0 unspecified atom stereocenters. The van der Waals surface area contributed by atoms with Crippen molar-refractivity contribution >= 4 is 45.3 Å². The van der Waals surface area contributed by atoms with Crippen LogP contribution < -0.4 is 20.7 Å². The average molecular weight is 396 g/mol. The third-order valence-electron chi connectivity index (χ3n) is 3.80. The Kier molecular flexibility index (Phi) is 5.90. The molecule has 2 aromatic carbocycles. The molecule has 2 amide bonds. The van der Waals surface area contributed by atoms with Crippen LogP contribution in [0.3, 0.4) is 0 Å². The predicted octanol–water partition coefficient (Wildman–Crippen LogP) is 4.41. The monoisotopic (exact) mass is 396 g/mol. The van der Waals surface area contributed by atoms with Crippen molar-refractivity contribution in [2.45, 2.75) is 13.8 Å². The van der Waals surface area contributed by atoms with E-state index in [-0.39, 0.29) is 11.8 Å². The van der Waals surface area contributed by atoms with Gasteiger partial charge in [-0.25, -0.2) is 4.98 Å². The summed E-state index contributed by atoms with van der Waals surface area (Å²) in [5.74, 6) is 0.239. The molecule has 3 N–H and O–H groups in total. The Labute approximate surface area is 166 Å². The molecule has 3 rings (SSSR count). The Morgan fingerprint density at radius 2 is 1.71 bits per heavy atom. The van der Waals surface area contributed by atoms with Gasteiger partial charge >= 0.3 is 0 Å². The molecule has 0 saturated heterocycles. The van der Waals surface area contributed by atoms with Gasteiger partial charge < -0.3 is 20.7 Å². The van der Waals surface area contributed by atoms with Crippen molar-refractivity contribution in [2.75, 3.05) is 23.1 Å². The lowest BCUT2D eigenvalue weighted by atomic mass is 10.2. The fraction of sp³-hybridized carbons (Fsp3) is 0.150. The van der Waals surface area contributed by atoms with Crippen molar-refractivity contribution in [1.82, 2.24) is 4.98 Å². The quantitative estimate of drug-likeness (QED) is 0.574. The molecule has 0 radical (unpaired) electrons. The summed E-state index contributed by atoms with van der Waals surface area (Å²) in [6.07, 6.45) is 0. The molecule has 0 aliphatic carbocycles. The van der Waals surface area contributed by atoms with Crippen molar-refractivity contribution in [3.63, 3.8) is 0 Å². The molecule has 7 nitrogen and oxygen atoms in total. The first kappa shape index (κ1) is 19.4. The zero-order chi connectivity index (χ0) is 20.1. The Morgan fingerprint density at radius 3 is 2.36 bits per heavy atom. The molecule has 0 atom stereocenters. The summed E-state index contributed by atoms with van der Waals surface area (Å²) in [7, 11) is 1.60. The smallest absolute Gasteiger partial charge is 0.275 e. The van der Waals surface area contributed by atoms with Crippen molar-refractivity contribution in [1.29, 1.82) is 0 Å². The molecular formula is C20H20N4O3S. The number of hydrogen-bond donors (Lipinski definition) is 3. The number of hydrogen-bond acceptors (Lipinski definition) is 6. The minimum Gasteiger partial charge on any atom is -0.495 e. The van der Waals surface area contributed by atoms with E-state index in [0.29, 0.717) is 27.9 Å². The van der Waals surface area contributed by atoms with Crippen LogP contribution in [0.25, 0.3) is 0 Å². The number of aryl methyl sites for hydroxylation is 1. The van der Waals surface area contributed by atoms with Crippen LogP contribution in [-0.2, 0) is 4.79 Å². The molecule has 1 aromatic heterocycles. The van der Waals surface area contributed by atoms with Crippen LogP contribution in [-0.4, -0.2) is 23.9 Å². The zero-order valence-electron chi connectivity index (χ0n) is 15.7. The largest absolute Gasteiger partial charge is 0.495 e. The first-order chi connectivity index (χ1) is 13.4. The second-order valence-corrected chi connectivity index (χ2v) is 6.94. The molecule has 1 heterocycles. The molecule has 0 aliphatic rings. The number of rotatable bonds is 6. The van der Waals surface area contributed by atoms with Gasteiger partial charge in [-0.2, -0.15) is 0 Å². The minimum absolute atomic E-state index is 0.149. The molecule has 28 heavy (non-hydrogen) atoms. The fourth-order valence-electron chi connectivity index (χ4n) is 2.51. The van der Waals surface area contributed by atoms with Gasteiger partial charge in [-0.05, 0) is 48.9 Å². The summed E-state index contributed by atoms with van der Waals surface area (Å²) in [4.78, 5) is 27.8. The number of ether oxygens (including phenoxy) is 1. The van der Waals surface area contributed by atoms with E-state index in [1.54, 1.807) is 36.8 Å². The van der Waals surface area contributed by atoms with E-state index in [9.17, 15) is 9.59 Å². The molecule has 8 heteroatoms. The van der Waals surface area contributed by atoms with Gasteiger partial charge in [0.1, 0.15) is 11.4 Å². The minimum atomic E-state index is -0.312. The maximum Gasteiger partial charge on any atom is 0.275 e. The summed E-state index contributed by atoms with van der Waals surface area (Å²) in [6, 6.07) is 12.7. The molecule has 0 aliphatic heterocycles. The summed E-state index contributed by atoms with van der Waals surface area (Å²) in [5.41, 5.74) is 3.46. The van der Waals surface area contributed by atoms with Crippen LogP contribution in [0, 0.1) is 6.92 Å². The zero-order valence-corrected chi connectivity index (χ0v) is 16.5. The summed E-state index contributed by atoms with van der Waals surface area (Å²) in [5, 5.41) is 10.9. The standard InChI is InChI=1S/C20H20N4O3S/c1-12-4-9-18(27-3)16(10-12)23-20-24-17(11-28-20)19(26)22-15-7-5-14(6-8-15)21-13(2)25/h4-11H,1-3H3,(H,21,25)(H,22,26)(H,23,24). The van der Waals surface area contributed by atoms with E-state index in [1.807, 2.05) is 25.1 Å². The molecule has 3 aromatic rings. The van der Waals surface area contributed by atoms with Crippen LogP contribution in [0.15, 0.2) is 47.8 Å². The van der Waals surface area contributed by atoms with Crippen LogP contribution in [0.4, 0.5) is 22.2 Å². The molecule has 144 valence electrons. The van der Waals surface area contributed by atoms with E-state index >= 15 is 0 Å². The van der Waals surface area contributed by atoms with Crippen molar-refractivity contribution < 1.29 is 14.3 Å². The number of nitrogens with one attached hydrogen (secondary N) is 3. The van der Waals surface area contributed by atoms with Crippen LogP contribution in [0.1, 0.15) is 23.0 Å². The number of benzene rings is 2. The highest BCUT2D eigenvalue weighted by Crippen LogP contribution is 2.30. The highest BCUT2D eigenvalue weighted by Gasteiger charge is 2.13. The second kappa shape index (κ2) is 8.53. The Morgan fingerprint density at radius 1 is 1.04 bits per heavy atom. The van der Waals surface area contributed by atoms with Crippen molar-refractivity contribution in [3.8, 4) is 5.75 Å². The lowest BCUT2D eigenvalue weighted by molar-refractivity contribution is -0.114. The average Bonchev–Trinajstić information content (AvgIpc) is 3.12. The molecule has 0 saturated carbocycles. The van der Waals surface area contributed by atoms with Gasteiger partial charge in [0.25, 0.3) is 5.91 Å². The topological polar surface area (TPSA) is 92.3 Å². The third-order valence-corrected chi connectivity index (χ3v) is 4.55. The van der Waals surface area contributed by atoms with E-state index in [4.69, 9.17) is 4.74 Å². The highest BCUT2D eigenvalue weighted by molar-refractivity contribution is 7.14. The first-order valence-electron chi connectivity index (χ1n) is 8.51. The number of nitrogens with zero attached hydrogens (tertiary/aromatic N) is 1. The number of amides is 2. The number of methoxy groups -OCH3 is 1. The van der Waals surface area contributed by atoms with Crippen molar-refractivity contribution in [3.05, 3.63) is 59.1 Å². The van der Waals surface area contributed by atoms with Crippen LogP contribution >= 0.6 is 11.3 Å². The van der Waals surface area contributed by atoms with E-state index in [2.05, 4.69) is 20.9 Å². The maximum absolute atomic E-state index is 12.4. The molecule has 0 spiro atoms. The summed E-state index contributed by atoms with van der Waals surface area (Å²) in [6.45, 7) is 3.43. The molecular weight excluding hydrogens is 376 g/mol. The second-order valence-electron chi connectivity index (χ2n) is 6.08. The molecule has 0 fully saturated rings. The van der Waals surface area contributed by atoms with Gasteiger partial charge in [0, 0.05) is 23.7 Å². The Hall–Kier alpha value is -3.39. The Bertz CT molecular complexity index is 999. The van der Waals surface area contributed by atoms with Crippen LogP contribution in [0.2, 0.25) is 0 Å². The molecule has 0 bridgehead atoms. The van der Waals surface area contributed by atoms with Gasteiger partial charge in [0.15, 0.2) is 5.13 Å². The van der Waals surface area contributed by atoms with Gasteiger partial charge in [-0.3, -0.25) is 9.59 Å². The normalized spacial score (nSPS) is 10.2. The first-order valence-corrected chi connectivity index (χ1v) is 9.39. The summed E-state index contributed by atoms with van der Waals surface area (Å²) < 4.78 is 5.35. The maximum atomic E-state index is 12.4.